The molecule has 0 saturated heterocycles. The van der Waals surface area contributed by atoms with Gasteiger partial charge in [0.25, 0.3) is 0 Å². The lowest BCUT2D eigenvalue weighted by molar-refractivity contribution is 0.770. The number of hydrogen-bond acceptors (Lipinski definition) is 5. The fourth-order valence-corrected chi connectivity index (χ4v) is 2.98. The number of fused-ring (bicyclic) bond motifs is 1. The Bertz CT molecular complexity index is 702. The Morgan fingerprint density at radius 2 is 2.25 bits per heavy atom. The SMILES string of the molecule is CCCc1csc(NC(C)c2nnc3ccccn23)n1. The van der Waals surface area contributed by atoms with E-state index < -0.39 is 0 Å². The molecule has 0 fully saturated rings. The molecule has 1 atom stereocenters. The molecule has 5 nitrogen and oxygen atoms in total. The number of rotatable bonds is 5. The zero-order chi connectivity index (χ0) is 13.9. The second-order valence-corrected chi connectivity index (χ2v) is 5.61. The average molecular weight is 287 g/mol. The van der Waals surface area contributed by atoms with Crippen LogP contribution in [0, 0.1) is 0 Å². The molecule has 104 valence electrons. The predicted octanol–water partition coefficient (Wildman–Crippen LogP) is 3.31. The van der Waals surface area contributed by atoms with Crippen LogP contribution in [0.25, 0.3) is 5.65 Å². The van der Waals surface area contributed by atoms with E-state index in [0.717, 1.165) is 35.1 Å². The molecule has 0 aliphatic rings. The van der Waals surface area contributed by atoms with Crippen LogP contribution in [0.3, 0.4) is 0 Å². The summed E-state index contributed by atoms with van der Waals surface area (Å²) in [5, 5.41) is 14.9. The zero-order valence-electron chi connectivity index (χ0n) is 11.6. The molecule has 3 aromatic rings. The van der Waals surface area contributed by atoms with Gasteiger partial charge < -0.3 is 5.32 Å². The molecule has 20 heavy (non-hydrogen) atoms. The van der Waals surface area contributed by atoms with Crippen LogP contribution in [-0.2, 0) is 6.42 Å². The van der Waals surface area contributed by atoms with Crippen LogP contribution in [-0.4, -0.2) is 19.6 Å². The van der Waals surface area contributed by atoms with Gasteiger partial charge in [-0.15, -0.1) is 21.5 Å². The average Bonchev–Trinajstić information content (AvgIpc) is 3.06. The first-order valence-corrected chi connectivity index (χ1v) is 7.66. The van der Waals surface area contributed by atoms with E-state index in [2.05, 4.69) is 39.7 Å². The molecule has 0 aromatic carbocycles. The van der Waals surface area contributed by atoms with Gasteiger partial charge in [-0.1, -0.05) is 19.4 Å². The maximum atomic E-state index is 4.58. The number of nitrogens with zero attached hydrogens (tertiary/aromatic N) is 4. The van der Waals surface area contributed by atoms with Gasteiger partial charge in [-0.3, -0.25) is 4.40 Å². The topological polar surface area (TPSA) is 55.1 Å². The lowest BCUT2D eigenvalue weighted by atomic mass is 10.3. The fourth-order valence-electron chi connectivity index (χ4n) is 2.15. The highest BCUT2D eigenvalue weighted by atomic mass is 32.1. The van der Waals surface area contributed by atoms with Crippen LogP contribution in [0.4, 0.5) is 5.13 Å². The van der Waals surface area contributed by atoms with Gasteiger partial charge in [0.15, 0.2) is 16.6 Å². The third kappa shape index (κ3) is 2.51. The van der Waals surface area contributed by atoms with Crippen LogP contribution in [0.2, 0.25) is 0 Å². The quantitative estimate of drug-likeness (QED) is 0.782. The van der Waals surface area contributed by atoms with Crippen molar-refractivity contribution in [1.29, 1.82) is 0 Å². The van der Waals surface area contributed by atoms with Crippen molar-refractivity contribution in [2.45, 2.75) is 32.7 Å². The second-order valence-electron chi connectivity index (χ2n) is 4.75. The Hall–Kier alpha value is -1.95. The highest BCUT2D eigenvalue weighted by Gasteiger charge is 2.14. The van der Waals surface area contributed by atoms with Crippen molar-refractivity contribution in [1.82, 2.24) is 19.6 Å². The Balaban J connectivity index is 1.79. The molecule has 0 aliphatic carbocycles. The maximum Gasteiger partial charge on any atom is 0.183 e. The molecule has 1 N–H and O–H groups in total. The molecule has 0 spiro atoms. The fraction of sp³-hybridized carbons (Fsp3) is 0.357. The Morgan fingerprint density at radius 1 is 1.35 bits per heavy atom. The maximum absolute atomic E-state index is 4.58. The first-order valence-electron chi connectivity index (χ1n) is 6.78. The summed E-state index contributed by atoms with van der Waals surface area (Å²) in [6.07, 6.45) is 4.13. The predicted molar refractivity (Wildman–Crippen MR) is 81.1 cm³/mol. The van der Waals surface area contributed by atoms with Crippen LogP contribution in [0.1, 0.15) is 37.8 Å². The number of hydrogen-bond donors (Lipinski definition) is 1. The number of anilines is 1. The summed E-state index contributed by atoms with van der Waals surface area (Å²) in [5.41, 5.74) is 2.01. The van der Waals surface area contributed by atoms with E-state index in [1.54, 1.807) is 11.3 Å². The van der Waals surface area contributed by atoms with Gasteiger partial charge in [-0.05, 0) is 25.5 Å². The standard InChI is InChI=1S/C14H17N5S/c1-3-6-11-9-20-14(16-11)15-10(2)13-18-17-12-7-4-5-8-19(12)13/h4-5,7-10H,3,6H2,1-2H3,(H,15,16). The van der Waals surface area contributed by atoms with E-state index in [1.165, 1.54) is 0 Å². The molecular formula is C14H17N5S. The summed E-state index contributed by atoms with van der Waals surface area (Å²) in [7, 11) is 0. The van der Waals surface area contributed by atoms with E-state index in [4.69, 9.17) is 0 Å². The monoisotopic (exact) mass is 287 g/mol. The van der Waals surface area contributed by atoms with Crippen molar-refractivity contribution >= 4 is 22.1 Å². The molecule has 3 heterocycles. The summed E-state index contributed by atoms with van der Waals surface area (Å²) in [6, 6.07) is 5.96. The molecular weight excluding hydrogens is 270 g/mol. The van der Waals surface area contributed by atoms with Gasteiger partial charge in [-0.25, -0.2) is 4.98 Å². The second kappa shape index (κ2) is 5.58. The third-order valence-corrected chi connectivity index (χ3v) is 3.95. The van der Waals surface area contributed by atoms with Crippen LogP contribution < -0.4 is 5.32 Å². The third-order valence-electron chi connectivity index (χ3n) is 3.13. The van der Waals surface area contributed by atoms with Crippen molar-refractivity contribution in [3.63, 3.8) is 0 Å². The summed E-state index contributed by atoms with van der Waals surface area (Å²) >= 11 is 1.64. The van der Waals surface area contributed by atoms with Gasteiger partial charge in [0.05, 0.1) is 11.7 Å². The van der Waals surface area contributed by atoms with Gasteiger partial charge >= 0.3 is 0 Å². The molecule has 0 bridgehead atoms. The number of nitrogens with one attached hydrogen (secondary N) is 1. The van der Waals surface area contributed by atoms with Gasteiger partial charge in [0.1, 0.15) is 0 Å². The minimum atomic E-state index is 0.0630. The Morgan fingerprint density at radius 3 is 3.10 bits per heavy atom. The van der Waals surface area contributed by atoms with Gasteiger partial charge in [0.2, 0.25) is 0 Å². The van der Waals surface area contributed by atoms with Crippen molar-refractivity contribution in [2.24, 2.45) is 0 Å². The molecule has 6 heteroatoms. The number of thiazole rings is 1. The first-order chi connectivity index (χ1) is 9.78. The lowest BCUT2D eigenvalue weighted by Crippen LogP contribution is -2.10. The Labute approximate surface area is 121 Å². The van der Waals surface area contributed by atoms with Crippen LogP contribution >= 0.6 is 11.3 Å². The van der Waals surface area contributed by atoms with E-state index >= 15 is 0 Å². The molecule has 0 amide bonds. The van der Waals surface area contributed by atoms with E-state index in [-0.39, 0.29) is 6.04 Å². The molecule has 0 saturated carbocycles. The highest BCUT2D eigenvalue weighted by molar-refractivity contribution is 7.13. The van der Waals surface area contributed by atoms with Crippen molar-refractivity contribution in [2.75, 3.05) is 5.32 Å². The number of pyridine rings is 1. The first kappa shape index (κ1) is 13.1. The smallest absolute Gasteiger partial charge is 0.183 e. The summed E-state index contributed by atoms with van der Waals surface area (Å²) in [4.78, 5) is 4.58. The molecule has 3 rings (SSSR count). The van der Waals surface area contributed by atoms with E-state index in [0.29, 0.717) is 0 Å². The van der Waals surface area contributed by atoms with Crippen LogP contribution in [0.15, 0.2) is 29.8 Å². The molecule has 3 aromatic heterocycles. The summed E-state index contributed by atoms with van der Waals surface area (Å²) < 4.78 is 2.00. The zero-order valence-corrected chi connectivity index (χ0v) is 12.4. The lowest BCUT2D eigenvalue weighted by Gasteiger charge is -2.10. The number of aromatic nitrogens is 4. The van der Waals surface area contributed by atoms with Gasteiger partial charge in [0, 0.05) is 11.6 Å². The highest BCUT2D eigenvalue weighted by Crippen LogP contribution is 2.22. The molecule has 1 unspecified atom stereocenters. The van der Waals surface area contributed by atoms with E-state index in [9.17, 15) is 0 Å². The molecule has 0 radical (unpaired) electrons. The minimum absolute atomic E-state index is 0.0630. The van der Waals surface area contributed by atoms with Crippen LogP contribution in [0.5, 0.6) is 0 Å². The Kier molecular flexibility index (Phi) is 3.64. The summed E-state index contributed by atoms with van der Waals surface area (Å²) in [5.74, 6) is 0.896. The number of aryl methyl sites for hydroxylation is 1. The van der Waals surface area contributed by atoms with Crippen molar-refractivity contribution in [3.05, 3.63) is 41.3 Å². The normalized spacial score (nSPS) is 12.7. The largest absolute Gasteiger partial charge is 0.352 e. The minimum Gasteiger partial charge on any atom is -0.352 e. The van der Waals surface area contributed by atoms with Crippen molar-refractivity contribution in [3.8, 4) is 0 Å². The van der Waals surface area contributed by atoms with Gasteiger partial charge in [-0.2, -0.15) is 0 Å². The summed E-state index contributed by atoms with van der Waals surface area (Å²) in [6.45, 7) is 4.24. The van der Waals surface area contributed by atoms with E-state index in [1.807, 2.05) is 28.8 Å². The van der Waals surface area contributed by atoms with Crippen molar-refractivity contribution < 1.29 is 0 Å². The molecule has 0 aliphatic heterocycles.